The summed E-state index contributed by atoms with van der Waals surface area (Å²) in [6, 6.07) is 0. The van der Waals surface area contributed by atoms with Crippen molar-refractivity contribution in [2.75, 3.05) is 13.2 Å². The fourth-order valence-electron chi connectivity index (χ4n) is 0.408. The Kier molecular flexibility index (Phi) is 8.81. The summed E-state index contributed by atoms with van der Waals surface area (Å²) >= 11 is 0. The van der Waals surface area contributed by atoms with Crippen LogP contribution in [0.4, 0.5) is 0 Å². The first-order valence-electron chi connectivity index (χ1n) is 2.74. The van der Waals surface area contributed by atoms with Crippen molar-refractivity contribution >= 4 is 29.7 Å². The van der Waals surface area contributed by atoms with Gasteiger partial charge in [0.25, 0.3) is 0 Å². The molecule has 0 bridgehead atoms. The summed E-state index contributed by atoms with van der Waals surface area (Å²) in [7, 11) is 0. The molecule has 0 aromatic rings. The molecule has 2 atom stereocenters. The molecule has 0 heterocycles. The van der Waals surface area contributed by atoms with Gasteiger partial charge in [0.2, 0.25) is 0 Å². The topological polar surface area (TPSA) is 98.0 Å². The molecule has 6 heteroatoms. The van der Waals surface area contributed by atoms with Gasteiger partial charge in [-0.15, -0.1) is 0 Å². The van der Waals surface area contributed by atoms with Crippen LogP contribution in [0.25, 0.3) is 0 Å². The van der Waals surface area contributed by atoms with E-state index in [0.717, 1.165) is 0 Å². The second-order valence-corrected chi connectivity index (χ2v) is 1.82. The zero-order valence-electron chi connectivity index (χ0n) is 5.77. The molecule has 0 spiro atoms. The van der Waals surface area contributed by atoms with Gasteiger partial charge in [-0.05, 0) is 0 Å². The van der Waals surface area contributed by atoms with Crippen LogP contribution in [0.15, 0.2) is 0 Å². The molecule has 0 aliphatic carbocycles. The van der Waals surface area contributed by atoms with Crippen LogP contribution in [0.2, 0.25) is 0 Å². The minimum atomic E-state index is -1.69. The first kappa shape index (κ1) is 13.9. The Bertz CT molecular complexity index is 117. The summed E-state index contributed by atoms with van der Waals surface area (Å²) in [6.45, 7) is -1.54. The van der Waals surface area contributed by atoms with Crippen molar-refractivity contribution < 1.29 is 25.2 Å². The number of aliphatic hydroxyl groups is 4. The van der Waals surface area contributed by atoms with Crippen molar-refractivity contribution in [3.63, 3.8) is 0 Å². The fourth-order valence-corrected chi connectivity index (χ4v) is 0.408. The Balaban J connectivity index is 0. The molecule has 0 rings (SSSR count). The molecular formula is C5H10O5Sn. The molecule has 0 saturated carbocycles. The van der Waals surface area contributed by atoms with Gasteiger partial charge >= 0.3 is 0 Å². The van der Waals surface area contributed by atoms with E-state index >= 15 is 0 Å². The monoisotopic (exact) mass is 270 g/mol. The summed E-state index contributed by atoms with van der Waals surface area (Å²) < 4.78 is 0. The maximum Gasteiger partial charge on any atom is 0.189 e. The predicted octanol–water partition coefficient (Wildman–Crippen LogP) is -3.12. The quantitative estimate of drug-likeness (QED) is 0.405. The first-order valence-corrected chi connectivity index (χ1v) is 2.74. The molecule has 11 heavy (non-hydrogen) atoms. The van der Waals surface area contributed by atoms with Crippen LogP contribution in [-0.4, -0.2) is 75.5 Å². The van der Waals surface area contributed by atoms with E-state index in [-0.39, 0.29) is 23.9 Å². The molecule has 0 aliphatic rings. The molecule has 5 nitrogen and oxygen atoms in total. The molecule has 4 N–H and O–H groups in total. The smallest absolute Gasteiger partial charge is 0.189 e. The second-order valence-electron chi connectivity index (χ2n) is 1.82. The Morgan fingerprint density at radius 2 is 1.73 bits per heavy atom. The third-order valence-electron chi connectivity index (χ3n) is 1.04. The Morgan fingerprint density at radius 1 is 1.27 bits per heavy atom. The van der Waals surface area contributed by atoms with E-state index in [0.29, 0.717) is 0 Å². The largest absolute Gasteiger partial charge is 0.394 e. The van der Waals surface area contributed by atoms with Gasteiger partial charge < -0.3 is 20.4 Å². The first-order chi connectivity index (χ1) is 4.63. The Morgan fingerprint density at radius 3 is 2.00 bits per heavy atom. The van der Waals surface area contributed by atoms with Crippen molar-refractivity contribution in [1.82, 2.24) is 0 Å². The summed E-state index contributed by atoms with van der Waals surface area (Å²) in [4.78, 5) is 10.3. The number of carbonyl (C=O) groups excluding carboxylic acids is 1. The maximum absolute atomic E-state index is 10.3. The average Bonchev–Trinajstić information content (AvgIpc) is 2.00. The van der Waals surface area contributed by atoms with Gasteiger partial charge in [-0.2, -0.15) is 0 Å². The van der Waals surface area contributed by atoms with Crippen molar-refractivity contribution in [3.05, 3.63) is 0 Å². The summed E-state index contributed by atoms with van der Waals surface area (Å²) in [6.07, 6.45) is -3.19. The number of carbonyl (C=O) groups is 1. The van der Waals surface area contributed by atoms with Crippen LogP contribution in [0.3, 0.4) is 0 Å². The molecule has 64 valence electrons. The van der Waals surface area contributed by atoms with Crippen molar-refractivity contribution in [2.45, 2.75) is 12.2 Å². The van der Waals surface area contributed by atoms with E-state index in [1.807, 2.05) is 0 Å². The molecular weight excluding hydrogens is 259 g/mol. The van der Waals surface area contributed by atoms with Crippen molar-refractivity contribution in [3.8, 4) is 0 Å². The normalized spacial score (nSPS) is 14.9. The van der Waals surface area contributed by atoms with Crippen molar-refractivity contribution in [1.29, 1.82) is 0 Å². The van der Waals surface area contributed by atoms with Crippen LogP contribution in [-0.2, 0) is 4.79 Å². The van der Waals surface area contributed by atoms with Crippen LogP contribution in [0.5, 0.6) is 0 Å². The second kappa shape index (κ2) is 6.98. The predicted molar refractivity (Wildman–Crippen MR) is 36.9 cm³/mol. The third kappa shape index (κ3) is 4.70. The summed E-state index contributed by atoms with van der Waals surface area (Å²) in [5.41, 5.74) is 0. The molecule has 0 amide bonds. The number of ketones is 1. The van der Waals surface area contributed by atoms with E-state index < -0.39 is 31.2 Å². The van der Waals surface area contributed by atoms with E-state index in [1.165, 1.54) is 0 Å². The average molecular weight is 269 g/mol. The fraction of sp³-hybridized carbons (Fsp3) is 0.800. The number of Topliss-reactive ketones (excluding diaryl/α,β-unsaturated/α-hetero) is 1. The molecule has 0 aromatic carbocycles. The number of hydrogen-bond acceptors (Lipinski definition) is 5. The third-order valence-corrected chi connectivity index (χ3v) is 1.04. The van der Waals surface area contributed by atoms with Gasteiger partial charge in [0.15, 0.2) is 5.78 Å². The standard InChI is InChI=1S/C5H10O5.Sn/c6-1-3(8)5(10)4(9)2-7;/h3,5-8,10H,1-2H2;/t3-,5+;/m1./s1. The zero-order valence-corrected chi connectivity index (χ0v) is 8.62. The molecule has 0 fully saturated rings. The minimum absolute atomic E-state index is 0. The Labute approximate surface area is 80.6 Å². The van der Waals surface area contributed by atoms with Crippen LogP contribution >= 0.6 is 0 Å². The zero-order chi connectivity index (χ0) is 8.15. The molecule has 0 aliphatic heterocycles. The Hall–Kier alpha value is 0.309. The van der Waals surface area contributed by atoms with Crippen molar-refractivity contribution in [2.24, 2.45) is 0 Å². The number of rotatable bonds is 4. The van der Waals surface area contributed by atoms with Crippen LogP contribution < -0.4 is 0 Å². The molecule has 4 radical (unpaired) electrons. The van der Waals surface area contributed by atoms with Gasteiger partial charge in [-0.3, -0.25) is 4.79 Å². The molecule has 0 unspecified atom stereocenters. The summed E-state index contributed by atoms with van der Waals surface area (Å²) in [5.74, 6) is -0.901. The SMILES string of the molecule is O=C(CO)[C@@H](O)[C@H](O)CO.[Sn]. The van der Waals surface area contributed by atoms with E-state index in [1.54, 1.807) is 0 Å². The number of aliphatic hydroxyl groups excluding tert-OH is 4. The van der Waals surface area contributed by atoms with E-state index in [2.05, 4.69) is 0 Å². The van der Waals surface area contributed by atoms with Gasteiger partial charge in [0.05, 0.1) is 6.61 Å². The molecule has 0 saturated heterocycles. The van der Waals surface area contributed by atoms with Gasteiger partial charge in [0, 0.05) is 23.9 Å². The maximum atomic E-state index is 10.3. The van der Waals surface area contributed by atoms with Crippen LogP contribution in [0.1, 0.15) is 0 Å². The minimum Gasteiger partial charge on any atom is -0.394 e. The molecule has 0 aromatic heterocycles. The number of hydrogen-bond donors (Lipinski definition) is 4. The van der Waals surface area contributed by atoms with E-state index in [9.17, 15) is 4.79 Å². The summed E-state index contributed by atoms with van der Waals surface area (Å²) in [5, 5.41) is 33.6. The van der Waals surface area contributed by atoms with E-state index in [4.69, 9.17) is 20.4 Å². The van der Waals surface area contributed by atoms with Crippen LogP contribution in [0, 0.1) is 0 Å². The van der Waals surface area contributed by atoms with Gasteiger partial charge in [-0.25, -0.2) is 0 Å². The van der Waals surface area contributed by atoms with Gasteiger partial charge in [0.1, 0.15) is 18.8 Å². The van der Waals surface area contributed by atoms with Gasteiger partial charge in [-0.1, -0.05) is 0 Å².